The van der Waals surface area contributed by atoms with Crippen LogP contribution >= 0.6 is 0 Å². The first-order valence-corrected chi connectivity index (χ1v) is 3.68. The van der Waals surface area contributed by atoms with Crippen LogP contribution in [-0.2, 0) is 0 Å². The number of hydrogen-bond donors (Lipinski definition) is 0. The van der Waals surface area contributed by atoms with E-state index in [9.17, 15) is 0 Å². The highest BCUT2D eigenvalue weighted by atomic mass is 15.1. The molecule has 0 unspecified atom stereocenters. The second-order valence-corrected chi connectivity index (χ2v) is 2.70. The molecular formula is C8H12N4. The maximum atomic E-state index is 4.12. The van der Waals surface area contributed by atoms with Crippen LogP contribution in [0.4, 0.5) is 5.69 Å². The van der Waals surface area contributed by atoms with Crippen LogP contribution in [0.25, 0.3) is 0 Å². The molecular weight excluding hydrogens is 152 g/mol. The Morgan fingerprint density at radius 3 is 2.42 bits per heavy atom. The molecule has 0 aromatic carbocycles. The molecule has 12 heavy (non-hydrogen) atoms. The molecule has 4 heteroatoms. The van der Waals surface area contributed by atoms with Gasteiger partial charge < -0.3 is 4.90 Å². The van der Waals surface area contributed by atoms with Gasteiger partial charge in [0.25, 0.3) is 0 Å². The lowest BCUT2D eigenvalue weighted by Crippen LogP contribution is -2.07. The summed E-state index contributed by atoms with van der Waals surface area (Å²) in [6.07, 6.45) is 5.11. The molecule has 0 bridgehead atoms. The Kier molecular flexibility index (Phi) is 2.74. The number of nitrogens with zero attached hydrogens (tertiary/aromatic N) is 4. The molecule has 0 aliphatic carbocycles. The summed E-state index contributed by atoms with van der Waals surface area (Å²) >= 11 is 0. The highest BCUT2D eigenvalue weighted by Crippen LogP contribution is 2.05. The zero-order valence-corrected chi connectivity index (χ0v) is 7.52. The van der Waals surface area contributed by atoms with Crippen molar-refractivity contribution in [2.24, 2.45) is 4.99 Å². The van der Waals surface area contributed by atoms with Gasteiger partial charge in [0.15, 0.2) is 0 Å². The van der Waals surface area contributed by atoms with Crippen molar-refractivity contribution in [3.05, 3.63) is 18.2 Å². The van der Waals surface area contributed by atoms with Crippen LogP contribution < -0.4 is 0 Å². The van der Waals surface area contributed by atoms with E-state index < -0.39 is 0 Å². The van der Waals surface area contributed by atoms with Crippen molar-refractivity contribution in [2.45, 2.75) is 6.92 Å². The minimum atomic E-state index is 0.763. The molecule has 0 atom stereocenters. The van der Waals surface area contributed by atoms with Crippen molar-refractivity contribution < 1.29 is 0 Å². The van der Waals surface area contributed by atoms with Gasteiger partial charge in [0.1, 0.15) is 11.5 Å². The lowest BCUT2D eigenvalue weighted by atomic mass is 10.5. The number of aryl methyl sites for hydroxylation is 1. The lowest BCUT2D eigenvalue weighted by molar-refractivity contribution is 0.643. The van der Waals surface area contributed by atoms with Crippen molar-refractivity contribution in [2.75, 3.05) is 14.1 Å². The van der Waals surface area contributed by atoms with Gasteiger partial charge in [-0.3, -0.25) is 0 Å². The van der Waals surface area contributed by atoms with Gasteiger partial charge in [-0.25, -0.2) is 15.0 Å². The molecule has 1 rings (SSSR count). The van der Waals surface area contributed by atoms with E-state index >= 15 is 0 Å². The number of rotatable bonds is 2. The molecule has 0 amide bonds. The lowest BCUT2D eigenvalue weighted by Gasteiger charge is -2.01. The first-order chi connectivity index (χ1) is 5.68. The highest BCUT2D eigenvalue weighted by molar-refractivity contribution is 5.59. The van der Waals surface area contributed by atoms with Crippen molar-refractivity contribution in [1.82, 2.24) is 14.9 Å². The zero-order chi connectivity index (χ0) is 8.97. The van der Waals surface area contributed by atoms with Crippen molar-refractivity contribution in [1.29, 1.82) is 0 Å². The van der Waals surface area contributed by atoms with Gasteiger partial charge in [0, 0.05) is 14.1 Å². The largest absolute Gasteiger partial charge is 0.369 e. The van der Waals surface area contributed by atoms with Crippen LogP contribution in [0.15, 0.2) is 17.4 Å². The number of aliphatic imine (C=N–C) groups is 1. The molecule has 1 heterocycles. The molecule has 0 spiro atoms. The van der Waals surface area contributed by atoms with E-state index in [4.69, 9.17) is 0 Å². The predicted molar refractivity (Wildman–Crippen MR) is 48.6 cm³/mol. The van der Waals surface area contributed by atoms with Crippen LogP contribution in [-0.4, -0.2) is 35.3 Å². The molecule has 0 aliphatic heterocycles. The van der Waals surface area contributed by atoms with Crippen LogP contribution in [0, 0.1) is 6.92 Å². The predicted octanol–water partition coefficient (Wildman–Crippen LogP) is 1.01. The molecule has 0 radical (unpaired) electrons. The fourth-order valence-electron chi connectivity index (χ4n) is 0.635. The summed E-state index contributed by atoms with van der Waals surface area (Å²) < 4.78 is 0. The summed E-state index contributed by atoms with van der Waals surface area (Å²) in [6.45, 7) is 1.85. The molecule has 0 aliphatic rings. The van der Waals surface area contributed by atoms with E-state index in [1.54, 1.807) is 18.7 Å². The molecule has 0 saturated carbocycles. The van der Waals surface area contributed by atoms with Gasteiger partial charge in [-0.2, -0.15) is 0 Å². The Hall–Kier alpha value is -1.45. The van der Waals surface area contributed by atoms with Gasteiger partial charge in [0.05, 0.1) is 18.7 Å². The van der Waals surface area contributed by atoms with E-state index in [2.05, 4.69) is 15.0 Å². The molecule has 0 N–H and O–H groups in total. The maximum Gasteiger partial charge on any atom is 0.125 e. The molecule has 64 valence electrons. The minimum absolute atomic E-state index is 0.763. The Labute approximate surface area is 72.0 Å². The number of hydrogen-bond acceptors (Lipinski definition) is 3. The third kappa shape index (κ3) is 2.65. The van der Waals surface area contributed by atoms with E-state index in [0.717, 1.165) is 11.5 Å². The second kappa shape index (κ2) is 3.80. The summed E-state index contributed by atoms with van der Waals surface area (Å²) in [7, 11) is 3.83. The van der Waals surface area contributed by atoms with Crippen LogP contribution in [0.3, 0.4) is 0 Å². The molecule has 0 fully saturated rings. The van der Waals surface area contributed by atoms with Crippen LogP contribution in [0.1, 0.15) is 5.82 Å². The van der Waals surface area contributed by atoms with Gasteiger partial charge >= 0.3 is 0 Å². The average molecular weight is 164 g/mol. The minimum Gasteiger partial charge on any atom is -0.369 e. The summed E-state index contributed by atoms with van der Waals surface area (Å²) in [5, 5.41) is 0. The normalized spacial score (nSPS) is 10.6. The Balaban J connectivity index is 2.71. The molecule has 1 aromatic heterocycles. The monoisotopic (exact) mass is 164 g/mol. The average Bonchev–Trinajstić information content (AvgIpc) is 2.03. The SMILES string of the molecule is Cc1ncc(N=CN(C)C)cn1. The van der Waals surface area contributed by atoms with Crippen LogP contribution in [0.5, 0.6) is 0 Å². The quantitative estimate of drug-likeness (QED) is 0.484. The summed E-state index contributed by atoms with van der Waals surface area (Å²) in [6, 6.07) is 0. The fraction of sp³-hybridized carbons (Fsp3) is 0.375. The zero-order valence-electron chi connectivity index (χ0n) is 7.52. The fourth-order valence-corrected chi connectivity index (χ4v) is 0.635. The third-order valence-corrected chi connectivity index (χ3v) is 1.21. The third-order valence-electron chi connectivity index (χ3n) is 1.21. The molecule has 0 saturated heterocycles. The number of aromatic nitrogens is 2. The molecule has 4 nitrogen and oxygen atoms in total. The standard InChI is InChI=1S/C8H12N4/c1-7-9-4-8(5-10-7)11-6-12(2)3/h4-6H,1-3H3. The van der Waals surface area contributed by atoms with Gasteiger partial charge in [0.2, 0.25) is 0 Å². The van der Waals surface area contributed by atoms with Crippen LogP contribution in [0.2, 0.25) is 0 Å². The topological polar surface area (TPSA) is 41.4 Å². The van der Waals surface area contributed by atoms with E-state index in [-0.39, 0.29) is 0 Å². The van der Waals surface area contributed by atoms with Crippen molar-refractivity contribution in [3.8, 4) is 0 Å². The van der Waals surface area contributed by atoms with Crippen molar-refractivity contribution in [3.63, 3.8) is 0 Å². The first kappa shape index (κ1) is 8.64. The van der Waals surface area contributed by atoms with Gasteiger partial charge in [-0.05, 0) is 6.92 Å². The molecule has 1 aromatic rings. The first-order valence-electron chi connectivity index (χ1n) is 3.68. The summed E-state index contributed by atoms with van der Waals surface area (Å²) in [5.41, 5.74) is 0.773. The Bertz CT molecular complexity index is 263. The van der Waals surface area contributed by atoms with E-state index in [1.165, 1.54) is 0 Å². The Morgan fingerprint density at radius 1 is 1.33 bits per heavy atom. The maximum absolute atomic E-state index is 4.12. The van der Waals surface area contributed by atoms with E-state index in [1.807, 2.05) is 25.9 Å². The van der Waals surface area contributed by atoms with Gasteiger partial charge in [-0.15, -0.1) is 0 Å². The Morgan fingerprint density at radius 2 is 1.92 bits per heavy atom. The summed E-state index contributed by atoms with van der Waals surface area (Å²) in [5.74, 6) is 0.763. The highest BCUT2D eigenvalue weighted by Gasteiger charge is 1.88. The van der Waals surface area contributed by atoms with E-state index in [0.29, 0.717) is 0 Å². The van der Waals surface area contributed by atoms with Gasteiger partial charge in [-0.1, -0.05) is 0 Å². The smallest absolute Gasteiger partial charge is 0.125 e. The second-order valence-electron chi connectivity index (χ2n) is 2.70. The summed E-state index contributed by atoms with van der Waals surface area (Å²) in [4.78, 5) is 14.0. The van der Waals surface area contributed by atoms with Crippen molar-refractivity contribution >= 4 is 12.0 Å².